The molecule has 40 heavy (non-hydrogen) atoms. The van der Waals surface area contributed by atoms with E-state index in [0.29, 0.717) is 112 Å². The first kappa shape index (κ1) is 38.3. The molecule has 0 radical (unpaired) electrons. The highest BCUT2D eigenvalue weighted by atomic mass is 16.6. The molecule has 0 amide bonds. The topological polar surface area (TPSA) is 136 Å². The smallest absolute Gasteiger partial charge is 0.332 e. The van der Waals surface area contributed by atoms with Crippen molar-refractivity contribution < 1.29 is 61.7 Å². The van der Waals surface area contributed by atoms with Gasteiger partial charge in [-0.25, -0.2) is 9.59 Å². The number of carbonyl (C=O) groups is 2. The second kappa shape index (κ2) is 28.8. The second-order valence-corrected chi connectivity index (χ2v) is 8.91. The Kier molecular flexibility index (Phi) is 27.6. The van der Waals surface area contributed by atoms with Crippen molar-refractivity contribution in [2.24, 2.45) is 0 Å². The molecular formula is C27H50O13. The Morgan fingerprint density at radius 3 is 1.05 bits per heavy atom. The highest BCUT2D eigenvalue weighted by Gasteiger charge is 2.15. The number of ether oxygens (including phenoxy) is 11. The summed E-state index contributed by atoms with van der Waals surface area (Å²) in [5, 5.41) is 0. The fourth-order valence-corrected chi connectivity index (χ4v) is 2.55. The van der Waals surface area contributed by atoms with Crippen LogP contribution in [-0.4, -0.2) is 143 Å². The van der Waals surface area contributed by atoms with Gasteiger partial charge in [0.25, 0.3) is 0 Å². The molecule has 0 aliphatic rings. The van der Waals surface area contributed by atoms with Gasteiger partial charge in [0, 0.05) is 6.08 Å². The van der Waals surface area contributed by atoms with E-state index < -0.39 is 17.5 Å². The molecule has 13 nitrogen and oxygen atoms in total. The van der Waals surface area contributed by atoms with Gasteiger partial charge in [-0.05, 0) is 20.8 Å². The molecule has 0 saturated heterocycles. The van der Waals surface area contributed by atoms with Crippen LogP contribution in [0.4, 0.5) is 0 Å². The Labute approximate surface area is 238 Å². The van der Waals surface area contributed by atoms with E-state index in [9.17, 15) is 9.59 Å². The van der Waals surface area contributed by atoms with Crippen molar-refractivity contribution in [3.05, 3.63) is 12.7 Å². The van der Waals surface area contributed by atoms with Gasteiger partial charge in [-0.1, -0.05) is 6.58 Å². The van der Waals surface area contributed by atoms with Crippen molar-refractivity contribution in [1.29, 1.82) is 0 Å². The Hall–Kier alpha value is -1.68. The van der Waals surface area contributed by atoms with Gasteiger partial charge in [0.05, 0.1) is 112 Å². The second-order valence-electron chi connectivity index (χ2n) is 8.91. The average Bonchev–Trinajstić information content (AvgIpc) is 2.91. The van der Waals surface area contributed by atoms with E-state index in [4.69, 9.17) is 52.1 Å². The van der Waals surface area contributed by atoms with Crippen molar-refractivity contribution >= 4 is 11.9 Å². The summed E-state index contributed by atoms with van der Waals surface area (Å²) in [6.07, 6.45) is 1.11. The molecule has 0 unspecified atom stereocenters. The van der Waals surface area contributed by atoms with E-state index in [-0.39, 0.29) is 13.2 Å². The number of hydrogen-bond acceptors (Lipinski definition) is 13. The van der Waals surface area contributed by atoms with Gasteiger partial charge >= 0.3 is 11.9 Å². The third-order valence-electron chi connectivity index (χ3n) is 4.25. The van der Waals surface area contributed by atoms with Crippen LogP contribution in [-0.2, 0) is 61.7 Å². The minimum Gasteiger partial charge on any atom is -0.460 e. The molecule has 236 valence electrons. The van der Waals surface area contributed by atoms with Crippen LogP contribution >= 0.6 is 0 Å². The molecule has 0 N–H and O–H groups in total. The van der Waals surface area contributed by atoms with Gasteiger partial charge in [0.1, 0.15) is 18.8 Å². The Morgan fingerprint density at radius 1 is 0.500 bits per heavy atom. The van der Waals surface area contributed by atoms with Gasteiger partial charge in [0.2, 0.25) is 0 Å². The highest BCUT2D eigenvalue weighted by molar-refractivity contribution is 5.81. The SMILES string of the molecule is C=CC(=O)OCCOCCOCCOCCOCCOCCOCCOCCOCCOCC(=O)OC(C)(C)C. The summed E-state index contributed by atoms with van der Waals surface area (Å²) in [5.41, 5.74) is -0.512. The molecule has 0 heterocycles. The molecule has 0 aliphatic carbocycles. The monoisotopic (exact) mass is 582 g/mol. The van der Waals surface area contributed by atoms with Gasteiger partial charge in [-0.3, -0.25) is 0 Å². The lowest BCUT2D eigenvalue weighted by Crippen LogP contribution is -2.27. The Bertz CT molecular complexity index is 595. The minimum absolute atomic E-state index is 0.0863. The summed E-state index contributed by atoms with van der Waals surface area (Å²) >= 11 is 0. The number of rotatable bonds is 30. The molecule has 0 aromatic carbocycles. The molecule has 0 saturated carbocycles. The third-order valence-corrected chi connectivity index (χ3v) is 4.25. The molecule has 0 rings (SSSR count). The molecule has 0 spiro atoms. The molecule has 13 heteroatoms. The van der Waals surface area contributed by atoms with Crippen LogP contribution in [0, 0.1) is 0 Å². The summed E-state index contributed by atoms with van der Waals surface area (Å²) in [6.45, 7) is 16.3. The predicted molar refractivity (Wildman–Crippen MR) is 144 cm³/mol. The van der Waals surface area contributed by atoms with E-state index in [1.807, 2.05) is 20.8 Å². The summed E-state index contributed by atoms with van der Waals surface area (Å²) in [4.78, 5) is 22.3. The van der Waals surface area contributed by atoms with E-state index in [1.165, 1.54) is 0 Å². The predicted octanol–water partition coefficient (Wildman–Crippen LogP) is 1.21. The van der Waals surface area contributed by atoms with E-state index in [2.05, 4.69) is 6.58 Å². The van der Waals surface area contributed by atoms with Crippen molar-refractivity contribution in [3.63, 3.8) is 0 Å². The zero-order chi connectivity index (χ0) is 29.6. The largest absolute Gasteiger partial charge is 0.460 e. The summed E-state index contributed by atoms with van der Waals surface area (Å²) < 4.78 is 58.2. The molecule has 0 aliphatic heterocycles. The van der Waals surface area contributed by atoms with Gasteiger partial charge in [-0.15, -0.1) is 0 Å². The highest BCUT2D eigenvalue weighted by Crippen LogP contribution is 2.06. The van der Waals surface area contributed by atoms with Gasteiger partial charge in [-0.2, -0.15) is 0 Å². The molecule has 0 bridgehead atoms. The lowest BCUT2D eigenvalue weighted by molar-refractivity contribution is -0.160. The fourth-order valence-electron chi connectivity index (χ4n) is 2.55. The van der Waals surface area contributed by atoms with Crippen LogP contribution in [0.2, 0.25) is 0 Å². The summed E-state index contributed by atoms with van der Waals surface area (Å²) in [6, 6.07) is 0. The van der Waals surface area contributed by atoms with E-state index >= 15 is 0 Å². The van der Waals surface area contributed by atoms with Crippen LogP contribution in [0.15, 0.2) is 12.7 Å². The lowest BCUT2D eigenvalue weighted by Gasteiger charge is -2.19. The minimum atomic E-state index is -0.512. The Balaban J connectivity index is 3.12. The lowest BCUT2D eigenvalue weighted by atomic mass is 10.2. The van der Waals surface area contributed by atoms with Gasteiger partial charge in [0.15, 0.2) is 0 Å². The number of hydrogen-bond donors (Lipinski definition) is 0. The Morgan fingerprint density at radius 2 is 0.775 bits per heavy atom. The fraction of sp³-hybridized carbons (Fsp3) is 0.852. The molecular weight excluding hydrogens is 532 g/mol. The number of esters is 2. The quantitative estimate of drug-likeness (QED) is 0.0682. The van der Waals surface area contributed by atoms with Gasteiger partial charge < -0.3 is 52.1 Å². The molecule has 0 fully saturated rings. The van der Waals surface area contributed by atoms with Crippen LogP contribution in [0.1, 0.15) is 20.8 Å². The van der Waals surface area contributed by atoms with E-state index in [0.717, 1.165) is 6.08 Å². The van der Waals surface area contributed by atoms with E-state index in [1.54, 1.807) is 0 Å². The third kappa shape index (κ3) is 32.5. The first-order valence-corrected chi connectivity index (χ1v) is 13.6. The zero-order valence-corrected chi connectivity index (χ0v) is 24.5. The average molecular weight is 583 g/mol. The normalized spacial score (nSPS) is 11.5. The maximum absolute atomic E-state index is 11.5. The van der Waals surface area contributed by atoms with Crippen molar-refractivity contribution in [2.45, 2.75) is 26.4 Å². The molecule has 0 aromatic heterocycles. The number of carbonyl (C=O) groups excluding carboxylic acids is 2. The molecule has 0 aromatic rings. The first-order chi connectivity index (χ1) is 19.3. The first-order valence-electron chi connectivity index (χ1n) is 13.6. The van der Waals surface area contributed by atoms with Crippen LogP contribution in [0.5, 0.6) is 0 Å². The van der Waals surface area contributed by atoms with Crippen LogP contribution in [0.25, 0.3) is 0 Å². The zero-order valence-electron chi connectivity index (χ0n) is 24.5. The maximum Gasteiger partial charge on any atom is 0.332 e. The maximum atomic E-state index is 11.5. The van der Waals surface area contributed by atoms with Crippen molar-refractivity contribution in [2.75, 3.05) is 126 Å². The molecule has 0 atom stereocenters. The standard InChI is InChI=1S/C27H50O13/c1-5-25(28)39-23-22-37-19-18-35-15-14-33-11-10-31-7-6-30-8-9-32-12-13-34-16-17-36-20-21-38-24-26(29)40-27(2,3)4/h5H,1,6-24H2,2-4H3. The summed E-state index contributed by atoms with van der Waals surface area (Å²) in [5.74, 6) is -0.853. The summed E-state index contributed by atoms with van der Waals surface area (Å²) in [7, 11) is 0. The van der Waals surface area contributed by atoms with Crippen molar-refractivity contribution in [1.82, 2.24) is 0 Å². The van der Waals surface area contributed by atoms with Crippen molar-refractivity contribution in [3.8, 4) is 0 Å². The van der Waals surface area contributed by atoms with Crippen LogP contribution in [0.3, 0.4) is 0 Å². The van der Waals surface area contributed by atoms with Crippen LogP contribution < -0.4 is 0 Å².